The second-order valence-corrected chi connectivity index (χ2v) is 5.92. The van der Waals surface area contributed by atoms with Gasteiger partial charge in [-0.25, -0.2) is 4.79 Å². The number of carbonyl (C=O) groups excluding carboxylic acids is 2. The number of rotatable bonds is 7. The molecular weight excluding hydrogens is 340 g/mol. The van der Waals surface area contributed by atoms with Crippen molar-refractivity contribution in [2.24, 2.45) is 0 Å². The number of ether oxygens (including phenoxy) is 1. The molecule has 0 atom stereocenters. The van der Waals surface area contributed by atoms with Crippen LogP contribution in [0.5, 0.6) is 0 Å². The van der Waals surface area contributed by atoms with Gasteiger partial charge < -0.3 is 15.4 Å². The largest absolute Gasteiger partial charge is 0.462 e. The minimum absolute atomic E-state index is 0.115. The summed E-state index contributed by atoms with van der Waals surface area (Å²) in [7, 11) is 0. The zero-order valence-electron chi connectivity index (χ0n) is 14.3. The monoisotopic (exact) mass is 360 g/mol. The molecule has 1 amide bonds. The van der Waals surface area contributed by atoms with Crippen molar-refractivity contribution in [3.8, 4) is 0 Å². The van der Waals surface area contributed by atoms with Crippen molar-refractivity contribution in [1.82, 2.24) is 0 Å². The van der Waals surface area contributed by atoms with E-state index in [0.717, 1.165) is 11.3 Å². The van der Waals surface area contributed by atoms with Crippen LogP contribution in [-0.2, 0) is 9.53 Å². The first-order valence-corrected chi connectivity index (χ1v) is 8.44. The third kappa shape index (κ3) is 5.80. The maximum atomic E-state index is 12.0. The molecule has 0 heterocycles. The summed E-state index contributed by atoms with van der Waals surface area (Å²) in [6, 6.07) is 12.2. The Hall–Kier alpha value is -2.53. The summed E-state index contributed by atoms with van der Waals surface area (Å²) in [5.74, 6) is -0.488. The summed E-state index contributed by atoms with van der Waals surface area (Å²) < 4.78 is 4.92. The van der Waals surface area contributed by atoms with E-state index in [0.29, 0.717) is 35.8 Å². The van der Waals surface area contributed by atoms with E-state index in [9.17, 15) is 9.59 Å². The molecule has 25 heavy (non-hydrogen) atoms. The normalized spacial score (nSPS) is 10.2. The molecule has 0 bridgehead atoms. The van der Waals surface area contributed by atoms with Crippen LogP contribution in [0.2, 0.25) is 5.02 Å². The van der Waals surface area contributed by atoms with Gasteiger partial charge in [-0.3, -0.25) is 4.79 Å². The fourth-order valence-electron chi connectivity index (χ4n) is 2.22. The summed E-state index contributed by atoms with van der Waals surface area (Å²) in [5, 5.41) is 6.65. The van der Waals surface area contributed by atoms with Crippen molar-refractivity contribution < 1.29 is 14.3 Å². The Balaban J connectivity index is 1.82. The molecule has 0 aliphatic carbocycles. The van der Waals surface area contributed by atoms with Crippen LogP contribution in [0.3, 0.4) is 0 Å². The van der Waals surface area contributed by atoms with Crippen LogP contribution in [0.4, 0.5) is 11.4 Å². The number of nitrogens with one attached hydrogen (secondary N) is 2. The first-order chi connectivity index (χ1) is 12.0. The van der Waals surface area contributed by atoms with Gasteiger partial charge in [0.2, 0.25) is 5.91 Å². The van der Waals surface area contributed by atoms with E-state index >= 15 is 0 Å². The summed E-state index contributed by atoms with van der Waals surface area (Å²) in [6.07, 6.45) is 0.311. The van der Waals surface area contributed by atoms with Crippen molar-refractivity contribution in [3.63, 3.8) is 0 Å². The third-order valence-corrected chi connectivity index (χ3v) is 3.78. The SMILES string of the molecule is CCOC(=O)c1ccc(NC(=O)CCNc2cc(Cl)ccc2C)cc1. The van der Waals surface area contributed by atoms with Crippen LogP contribution in [0, 0.1) is 6.92 Å². The Bertz CT molecular complexity index is 745. The molecule has 0 radical (unpaired) electrons. The Morgan fingerprint density at radius 1 is 1.12 bits per heavy atom. The molecule has 0 saturated heterocycles. The highest BCUT2D eigenvalue weighted by Crippen LogP contribution is 2.20. The summed E-state index contributed by atoms with van der Waals surface area (Å²) in [6.45, 7) is 4.56. The fraction of sp³-hybridized carbons (Fsp3) is 0.263. The van der Waals surface area contributed by atoms with Crippen molar-refractivity contribution >= 4 is 34.9 Å². The molecule has 0 aliphatic rings. The second kappa shape index (κ2) is 9.08. The van der Waals surface area contributed by atoms with Gasteiger partial charge in [-0.15, -0.1) is 0 Å². The topological polar surface area (TPSA) is 67.4 Å². The van der Waals surface area contributed by atoms with Gasteiger partial charge in [-0.05, 0) is 55.8 Å². The van der Waals surface area contributed by atoms with E-state index in [1.54, 1.807) is 31.2 Å². The van der Waals surface area contributed by atoms with Crippen LogP contribution >= 0.6 is 11.6 Å². The molecule has 0 unspecified atom stereocenters. The van der Waals surface area contributed by atoms with Gasteiger partial charge in [-0.1, -0.05) is 17.7 Å². The van der Waals surface area contributed by atoms with Crippen LogP contribution in [0.1, 0.15) is 29.3 Å². The van der Waals surface area contributed by atoms with Gasteiger partial charge in [0.1, 0.15) is 0 Å². The number of esters is 1. The van der Waals surface area contributed by atoms with Gasteiger partial charge in [0.25, 0.3) is 0 Å². The number of amides is 1. The summed E-state index contributed by atoms with van der Waals surface area (Å²) in [5.41, 5.74) is 3.08. The summed E-state index contributed by atoms with van der Waals surface area (Å²) >= 11 is 5.97. The zero-order chi connectivity index (χ0) is 18.2. The number of benzene rings is 2. The molecular formula is C19H21ClN2O3. The van der Waals surface area contributed by atoms with Crippen LogP contribution in [0.15, 0.2) is 42.5 Å². The molecule has 2 aromatic rings. The standard InChI is InChI=1S/C19H21ClN2O3/c1-3-25-19(24)14-5-8-16(9-6-14)22-18(23)10-11-21-17-12-15(20)7-4-13(17)2/h4-9,12,21H,3,10-11H2,1-2H3,(H,22,23). The molecule has 2 rings (SSSR count). The van der Waals surface area contributed by atoms with Gasteiger partial charge in [0.05, 0.1) is 12.2 Å². The van der Waals surface area contributed by atoms with Crippen molar-refractivity contribution in [1.29, 1.82) is 0 Å². The molecule has 6 heteroatoms. The second-order valence-electron chi connectivity index (χ2n) is 5.48. The molecule has 0 aliphatic heterocycles. The van der Waals surface area contributed by atoms with Gasteiger partial charge in [0.15, 0.2) is 0 Å². The Morgan fingerprint density at radius 2 is 1.84 bits per heavy atom. The average molecular weight is 361 g/mol. The molecule has 5 nitrogen and oxygen atoms in total. The first-order valence-electron chi connectivity index (χ1n) is 8.06. The Kier molecular flexibility index (Phi) is 6.83. The minimum Gasteiger partial charge on any atom is -0.462 e. The van der Waals surface area contributed by atoms with E-state index in [-0.39, 0.29) is 11.9 Å². The highest BCUT2D eigenvalue weighted by atomic mass is 35.5. The minimum atomic E-state index is -0.374. The number of hydrogen-bond donors (Lipinski definition) is 2. The number of aryl methyl sites for hydroxylation is 1. The molecule has 0 saturated carbocycles. The third-order valence-electron chi connectivity index (χ3n) is 3.55. The Morgan fingerprint density at radius 3 is 2.52 bits per heavy atom. The van der Waals surface area contributed by atoms with E-state index in [2.05, 4.69) is 10.6 Å². The lowest BCUT2D eigenvalue weighted by Gasteiger charge is -2.10. The van der Waals surface area contributed by atoms with Gasteiger partial charge >= 0.3 is 5.97 Å². The molecule has 0 spiro atoms. The quantitative estimate of drug-likeness (QED) is 0.724. The lowest BCUT2D eigenvalue weighted by atomic mass is 10.2. The number of hydrogen-bond acceptors (Lipinski definition) is 4. The van der Waals surface area contributed by atoms with Gasteiger partial charge in [0, 0.05) is 29.4 Å². The van der Waals surface area contributed by atoms with Crippen LogP contribution < -0.4 is 10.6 Å². The zero-order valence-corrected chi connectivity index (χ0v) is 15.0. The molecule has 132 valence electrons. The maximum Gasteiger partial charge on any atom is 0.338 e. The predicted molar refractivity (Wildman–Crippen MR) is 100 cm³/mol. The lowest BCUT2D eigenvalue weighted by molar-refractivity contribution is -0.115. The number of anilines is 2. The van der Waals surface area contributed by atoms with E-state index < -0.39 is 0 Å². The molecule has 0 fully saturated rings. The smallest absolute Gasteiger partial charge is 0.338 e. The van der Waals surface area contributed by atoms with Crippen molar-refractivity contribution in [3.05, 3.63) is 58.6 Å². The first kappa shape index (κ1) is 18.8. The maximum absolute atomic E-state index is 12.0. The highest BCUT2D eigenvalue weighted by molar-refractivity contribution is 6.30. The Labute approximate surface area is 152 Å². The number of halogens is 1. The van der Waals surface area contributed by atoms with Crippen LogP contribution in [-0.4, -0.2) is 25.0 Å². The number of carbonyl (C=O) groups is 2. The average Bonchev–Trinajstić information content (AvgIpc) is 2.59. The van der Waals surface area contributed by atoms with Crippen molar-refractivity contribution in [2.45, 2.75) is 20.3 Å². The summed E-state index contributed by atoms with van der Waals surface area (Å²) in [4.78, 5) is 23.6. The lowest BCUT2D eigenvalue weighted by Crippen LogP contribution is -2.16. The molecule has 0 aromatic heterocycles. The van der Waals surface area contributed by atoms with E-state index in [1.165, 1.54) is 0 Å². The van der Waals surface area contributed by atoms with E-state index in [1.807, 2.05) is 25.1 Å². The predicted octanol–water partition coefficient (Wildman–Crippen LogP) is 4.27. The van der Waals surface area contributed by atoms with E-state index in [4.69, 9.17) is 16.3 Å². The highest BCUT2D eigenvalue weighted by Gasteiger charge is 2.07. The molecule has 2 aromatic carbocycles. The van der Waals surface area contributed by atoms with Crippen molar-refractivity contribution in [2.75, 3.05) is 23.8 Å². The van der Waals surface area contributed by atoms with Gasteiger partial charge in [-0.2, -0.15) is 0 Å². The fourth-order valence-corrected chi connectivity index (χ4v) is 2.40. The molecule has 2 N–H and O–H groups in total. The van der Waals surface area contributed by atoms with Crippen LogP contribution in [0.25, 0.3) is 0 Å².